The van der Waals surface area contributed by atoms with E-state index in [1.807, 2.05) is 0 Å². The summed E-state index contributed by atoms with van der Waals surface area (Å²) in [5.74, 6) is 0.165. The molecular formula is C94H94N6. The van der Waals surface area contributed by atoms with Crippen LogP contribution in [0.4, 0.5) is 51.2 Å². The molecule has 1 atom stereocenters. The summed E-state index contributed by atoms with van der Waals surface area (Å²) in [6.45, 7) is 25.6. The van der Waals surface area contributed by atoms with Crippen LogP contribution in [-0.2, 0) is 6.42 Å². The fourth-order valence-corrected chi connectivity index (χ4v) is 14.4. The monoisotopic (exact) mass is 1310 g/mol. The zero-order valence-corrected chi connectivity index (χ0v) is 59.6. The predicted molar refractivity (Wildman–Crippen MR) is 437 cm³/mol. The van der Waals surface area contributed by atoms with Crippen molar-refractivity contribution in [1.29, 1.82) is 0 Å². The topological polar surface area (TPSA) is 19.4 Å². The van der Waals surface area contributed by atoms with E-state index in [4.69, 9.17) is 0 Å². The molecule has 6 heteroatoms. The second kappa shape index (κ2) is 31.6. The van der Waals surface area contributed by atoms with Gasteiger partial charge in [-0.3, -0.25) is 0 Å². The Morgan fingerprint density at radius 2 is 0.560 bits per heavy atom. The number of hydrogen-bond acceptors (Lipinski definition) is 6. The fourth-order valence-electron chi connectivity index (χ4n) is 14.4. The van der Waals surface area contributed by atoms with E-state index in [1.54, 1.807) is 0 Å². The Bertz CT molecular complexity index is 4430. The van der Waals surface area contributed by atoms with Gasteiger partial charge in [0.1, 0.15) is 0 Å². The lowest BCUT2D eigenvalue weighted by atomic mass is 9.70. The molecule has 0 radical (unpaired) electrons. The highest BCUT2D eigenvalue weighted by Crippen LogP contribution is 2.50. The minimum Gasteiger partial charge on any atom is -0.372 e. The van der Waals surface area contributed by atoms with Crippen LogP contribution >= 0.6 is 0 Å². The van der Waals surface area contributed by atoms with Gasteiger partial charge in [-0.1, -0.05) is 182 Å². The third-order valence-electron chi connectivity index (χ3n) is 20.2. The van der Waals surface area contributed by atoms with Gasteiger partial charge in [0.05, 0.1) is 0 Å². The van der Waals surface area contributed by atoms with Crippen molar-refractivity contribution in [3.05, 3.63) is 333 Å². The maximum Gasteiger partial charge on any atom is 0.0467 e. The maximum atomic E-state index is 2.48. The van der Waals surface area contributed by atoms with Gasteiger partial charge in [0, 0.05) is 115 Å². The Hall–Kier alpha value is -11.1. The zero-order chi connectivity index (χ0) is 68.9. The molecule has 500 valence electrons. The van der Waals surface area contributed by atoms with Crippen molar-refractivity contribution in [1.82, 2.24) is 0 Å². The number of allylic oxidation sites excluding steroid dienone is 6. The molecule has 0 saturated heterocycles. The lowest BCUT2D eigenvalue weighted by molar-refractivity contribution is 0.866. The van der Waals surface area contributed by atoms with Crippen molar-refractivity contribution in [2.45, 2.75) is 67.7 Å². The average Bonchev–Trinajstić information content (AvgIpc) is 0.732. The molecule has 3 aliphatic rings. The van der Waals surface area contributed by atoms with Crippen molar-refractivity contribution < 1.29 is 0 Å². The summed E-state index contributed by atoms with van der Waals surface area (Å²) in [6, 6.07) is 85.5. The summed E-state index contributed by atoms with van der Waals surface area (Å²) in [5, 5.41) is 0. The Balaban J connectivity index is 0.768. The molecule has 100 heavy (non-hydrogen) atoms. The summed E-state index contributed by atoms with van der Waals surface area (Å²) in [7, 11) is 0. The van der Waals surface area contributed by atoms with Gasteiger partial charge in [-0.25, -0.2) is 0 Å². The van der Waals surface area contributed by atoms with Gasteiger partial charge in [0.2, 0.25) is 0 Å². The molecule has 10 aromatic carbocycles. The standard InChI is InChI=1S/C94H94N6/c1-9-95(10-2)83-47-25-69(26-48-83)17-21-73-33-55-87(56-34-73)99(88-57-35-74(36-58-88)22-18-70-27-49-84(50-28-70)96(11-3)12-4)91-63-45-77(46-64-91)82-65-78-41-43-80-67-92(68-81-44-42-79(66-82)93(78)94(80)81)100(89-59-37-75(38-60-89)23-19-71-29-51-85(52-30-71)97(13-5)14-6)90-61-39-76(40-62-90)24-20-72-31-53-86(54-32-72)98(15-7)16-8/h17-41,43-68,94H,9-16,42H2,1-8H3. The molecule has 0 amide bonds. The van der Waals surface area contributed by atoms with E-state index in [0.29, 0.717) is 0 Å². The van der Waals surface area contributed by atoms with Crippen molar-refractivity contribution in [2.24, 2.45) is 0 Å². The molecule has 0 fully saturated rings. The van der Waals surface area contributed by atoms with Crippen LogP contribution < -0.4 is 29.4 Å². The average molecular weight is 1310 g/mol. The second-order valence-electron chi connectivity index (χ2n) is 26.0. The van der Waals surface area contributed by atoms with Crippen LogP contribution in [0, 0.1) is 0 Å². The van der Waals surface area contributed by atoms with Crippen LogP contribution in [-0.4, -0.2) is 52.4 Å². The van der Waals surface area contributed by atoms with Crippen LogP contribution in [0.1, 0.15) is 123 Å². The number of benzene rings is 10. The summed E-state index contributed by atoms with van der Waals surface area (Å²) >= 11 is 0. The highest BCUT2D eigenvalue weighted by atomic mass is 15.2. The van der Waals surface area contributed by atoms with Gasteiger partial charge < -0.3 is 29.4 Å². The lowest BCUT2D eigenvalue weighted by Crippen LogP contribution is -2.23. The van der Waals surface area contributed by atoms with E-state index in [1.165, 1.54) is 84.0 Å². The zero-order valence-electron chi connectivity index (χ0n) is 59.6. The Labute approximate surface area is 595 Å². The predicted octanol–water partition coefficient (Wildman–Crippen LogP) is 24.1. The van der Waals surface area contributed by atoms with Gasteiger partial charge in [-0.2, -0.15) is 0 Å². The molecule has 0 spiro atoms. The van der Waals surface area contributed by atoms with Gasteiger partial charge in [-0.15, -0.1) is 0 Å². The molecule has 0 aliphatic heterocycles. The largest absolute Gasteiger partial charge is 0.372 e. The lowest BCUT2D eigenvalue weighted by Gasteiger charge is -2.37. The molecule has 3 aliphatic carbocycles. The molecule has 0 saturated carbocycles. The van der Waals surface area contributed by atoms with Gasteiger partial charge in [0.15, 0.2) is 0 Å². The highest BCUT2D eigenvalue weighted by Gasteiger charge is 2.33. The van der Waals surface area contributed by atoms with Crippen LogP contribution in [0.2, 0.25) is 0 Å². The molecule has 0 heterocycles. The molecule has 1 unspecified atom stereocenters. The fraction of sp³-hybridized carbons (Fsp3) is 0.191. The van der Waals surface area contributed by atoms with E-state index in [-0.39, 0.29) is 5.92 Å². The quantitative estimate of drug-likeness (QED) is 0.0475. The molecule has 13 rings (SSSR count). The first-order valence-corrected chi connectivity index (χ1v) is 36.3. The van der Waals surface area contributed by atoms with Gasteiger partial charge in [0.25, 0.3) is 0 Å². The Kier molecular flexibility index (Phi) is 21.3. The summed E-state index contributed by atoms with van der Waals surface area (Å²) in [5.41, 5.74) is 30.2. The first-order chi connectivity index (χ1) is 49.1. The number of rotatable bonds is 27. The van der Waals surface area contributed by atoms with E-state index in [9.17, 15) is 0 Å². The van der Waals surface area contributed by atoms with Crippen molar-refractivity contribution in [2.75, 3.05) is 81.8 Å². The smallest absolute Gasteiger partial charge is 0.0467 e. The third kappa shape index (κ3) is 15.3. The molecule has 10 aromatic rings. The number of nitrogens with zero attached hydrogens (tertiary/aromatic N) is 6. The molecule has 6 nitrogen and oxygen atoms in total. The normalized spacial score (nSPS) is 13.8. The Morgan fingerprint density at radius 3 is 0.860 bits per heavy atom. The molecule has 0 aromatic heterocycles. The first kappa shape index (κ1) is 67.5. The van der Waals surface area contributed by atoms with Crippen molar-refractivity contribution in [3.8, 4) is 11.1 Å². The molecular weight excluding hydrogens is 1210 g/mol. The van der Waals surface area contributed by atoms with Crippen molar-refractivity contribution in [3.63, 3.8) is 0 Å². The minimum absolute atomic E-state index is 0.165. The highest BCUT2D eigenvalue weighted by molar-refractivity contribution is 5.85. The van der Waals surface area contributed by atoms with Crippen LogP contribution in [0.25, 0.3) is 65.8 Å². The van der Waals surface area contributed by atoms with E-state index in [2.05, 4.69) is 394 Å². The van der Waals surface area contributed by atoms with Crippen LogP contribution in [0.3, 0.4) is 0 Å². The van der Waals surface area contributed by atoms with Crippen LogP contribution in [0.5, 0.6) is 0 Å². The third-order valence-corrected chi connectivity index (χ3v) is 20.2. The molecule has 0 N–H and O–H groups in total. The van der Waals surface area contributed by atoms with Gasteiger partial charge in [-0.05, 0) is 273 Å². The summed E-state index contributed by atoms with van der Waals surface area (Å²) in [4.78, 5) is 14.3. The van der Waals surface area contributed by atoms with E-state index in [0.717, 1.165) is 115 Å². The Morgan fingerprint density at radius 1 is 0.280 bits per heavy atom. The number of hydrogen-bond donors (Lipinski definition) is 0. The van der Waals surface area contributed by atoms with Gasteiger partial charge >= 0.3 is 0 Å². The van der Waals surface area contributed by atoms with Crippen molar-refractivity contribution >= 4 is 106 Å². The van der Waals surface area contributed by atoms with Crippen LogP contribution in [0.15, 0.2) is 272 Å². The summed E-state index contributed by atoms with van der Waals surface area (Å²) < 4.78 is 0. The minimum atomic E-state index is 0.165. The number of anilines is 9. The molecule has 0 bridgehead atoms. The summed E-state index contributed by atoms with van der Waals surface area (Å²) in [6.07, 6.45) is 30.6. The second-order valence-corrected chi connectivity index (χ2v) is 26.0. The van der Waals surface area contributed by atoms with E-state index < -0.39 is 0 Å². The first-order valence-electron chi connectivity index (χ1n) is 36.3. The maximum absolute atomic E-state index is 2.48. The SMILES string of the molecule is CCN(CC)c1ccc(C=Cc2ccc(N(C3=CC4=CCc5cc(-c6ccc(N(c7ccc(C=Cc8ccc(N(CC)CC)cc8)cc7)c7ccc(C=Cc8ccc(N(CC)CC)cc8)cc7)cc6)cc6c5C4C(=C3)C=C6)c3ccc(C=Cc4ccc(N(CC)CC)cc4)cc3)cc2)cc1. The van der Waals surface area contributed by atoms with E-state index >= 15 is 0 Å².